The van der Waals surface area contributed by atoms with Crippen molar-refractivity contribution in [2.75, 3.05) is 43.9 Å². The summed E-state index contributed by atoms with van der Waals surface area (Å²) >= 11 is 1.75. The molecule has 0 spiro atoms. The van der Waals surface area contributed by atoms with Gasteiger partial charge in [-0.05, 0) is 33.4 Å². The summed E-state index contributed by atoms with van der Waals surface area (Å²) in [6.45, 7) is 6.33. The molecule has 124 valence electrons. The van der Waals surface area contributed by atoms with Gasteiger partial charge in [0.1, 0.15) is 5.37 Å². The van der Waals surface area contributed by atoms with Crippen molar-refractivity contribution in [2.45, 2.75) is 43.6 Å². The second-order valence-corrected chi connectivity index (χ2v) is 9.98. The third-order valence-electron chi connectivity index (χ3n) is 5.25. The van der Waals surface area contributed by atoms with Crippen LogP contribution in [-0.2, 0) is 9.84 Å². The average molecular weight is 336 g/mol. The van der Waals surface area contributed by atoms with Gasteiger partial charge < -0.3 is 10.6 Å². The largest absolute Gasteiger partial charge is 0.329 e. The van der Waals surface area contributed by atoms with Crippen LogP contribution in [0.5, 0.6) is 0 Å². The molecule has 21 heavy (non-hydrogen) atoms. The fourth-order valence-corrected chi connectivity index (χ4v) is 6.68. The Kier molecular flexibility index (Phi) is 5.63. The van der Waals surface area contributed by atoms with E-state index in [1.165, 1.54) is 0 Å². The maximum atomic E-state index is 12.5. The number of nitrogens with two attached hydrogens (primary N) is 1. The van der Waals surface area contributed by atoms with Crippen LogP contribution in [-0.4, -0.2) is 79.1 Å². The molecule has 7 heteroatoms. The molecule has 0 amide bonds. The molecule has 0 aromatic heterocycles. The fraction of sp³-hybridized carbons (Fsp3) is 1.00. The van der Waals surface area contributed by atoms with E-state index >= 15 is 0 Å². The van der Waals surface area contributed by atoms with Crippen molar-refractivity contribution in [2.24, 2.45) is 5.73 Å². The first-order chi connectivity index (χ1) is 9.86. The number of rotatable bonds is 4. The molecule has 0 aromatic rings. The van der Waals surface area contributed by atoms with Crippen molar-refractivity contribution in [1.29, 1.82) is 0 Å². The van der Waals surface area contributed by atoms with E-state index in [2.05, 4.69) is 23.8 Å². The Morgan fingerprint density at radius 1 is 1.38 bits per heavy atom. The first-order valence-electron chi connectivity index (χ1n) is 7.82. The van der Waals surface area contributed by atoms with Crippen molar-refractivity contribution >= 4 is 21.6 Å². The molecule has 2 N–H and O–H groups in total. The fourth-order valence-electron chi connectivity index (χ4n) is 3.59. The Bertz CT molecular complexity index is 457. The summed E-state index contributed by atoms with van der Waals surface area (Å²) in [5, 5.41) is -0.361. The lowest BCUT2D eigenvalue weighted by Gasteiger charge is -2.53. The van der Waals surface area contributed by atoms with Gasteiger partial charge in [0.2, 0.25) is 0 Å². The van der Waals surface area contributed by atoms with Crippen LogP contribution in [0.4, 0.5) is 0 Å². The standard InChI is InChI=1S/C14H29N3O2S2/c1-4-21(18,19)13-10-20-8-7-17(13)14(11-15)5-6-16(3)12(2)9-14/h12-13H,4-11,15H2,1-3H3. The van der Waals surface area contributed by atoms with E-state index in [4.69, 9.17) is 5.73 Å². The molecule has 2 fully saturated rings. The van der Waals surface area contributed by atoms with E-state index in [9.17, 15) is 8.42 Å². The van der Waals surface area contributed by atoms with Crippen molar-refractivity contribution in [3.63, 3.8) is 0 Å². The molecule has 3 unspecified atom stereocenters. The van der Waals surface area contributed by atoms with Crippen molar-refractivity contribution in [1.82, 2.24) is 9.80 Å². The van der Waals surface area contributed by atoms with Gasteiger partial charge in [-0.2, -0.15) is 11.8 Å². The predicted molar refractivity (Wildman–Crippen MR) is 90.4 cm³/mol. The summed E-state index contributed by atoms with van der Waals surface area (Å²) in [6, 6.07) is 0.446. The molecule has 5 nitrogen and oxygen atoms in total. The quantitative estimate of drug-likeness (QED) is 0.812. The first kappa shape index (κ1) is 17.5. The molecule has 2 saturated heterocycles. The Morgan fingerprint density at radius 2 is 2.10 bits per heavy atom. The average Bonchev–Trinajstić information content (AvgIpc) is 2.50. The number of likely N-dealkylation sites (tertiary alicyclic amines) is 1. The molecule has 0 aliphatic carbocycles. The topological polar surface area (TPSA) is 66.6 Å². The van der Waals surface area contributed by atoms with Crippen LogP contribution in [0.2, 0.25) is 0 Å². The zero-order chi connectivity index (χ0) is 15.7. The minimum Gasteiger partial charge on any atom is -0.329 e. The molecule has 0 aromatic carbocycles. The van der Waals surface area contributed by atoms with Crippen LogP contribution in [0.1, 0.15) is 26.7 Å². The molecule has 0 saturated carbocycles. The number of hydrogen-bond donors (Lipinski definition) is 1. The number of thioether (sulfide) groups is 1. The summed E-state index contributed by atoms with van der Waals surface area (Å²) in [5.74, 6) is 1.90. The predicted octanol–water partition coefficient (Wildman–Crippen LogP) is 0.608. The maximum Gasteiger partial charge on any atom is 0.166 e. The summed E-state index contributed by atoms with van der Waals surface area (Å²) in [4.78, 5) is 4.59. The highest BCUT2D eigenvalue weighted by Crippen LogP contribution is 2.36. The molecule has 2 aliphatic rings. The maximum absolute atomic E-state index is 12.5. The Balaban J connectivity index is 2.30. The first-order valence-corrected chi connectivity index (χ1v) is 10.7. The van der Waals surface area contributed by atoms with Gasteiger partial charge in [-0.25, -0.2) is 8.42 Å². The molecule has 2 rings (SSSR count). The van der Waals surface area contributed by atoms with Crippen LogP contribution in [0.15, 0.2) is 0 Å². The summed E-state index contributed by atoms with van der Waals surface area (Å²) in [5.41, 5.74) is 6.01. The van der Waals surface area contributed by atoms with E-state index in [-0.39, 0.29) is 16.7 Å². The van der Waals surface area contributed by atoms with E-state index in [1.54, 1.807) is 18.7 Å². The number of sulfone groups is 1. The lowest BCUT2D eigenvalue weighted by molar-refractivity contribution is 0.00750. The van der Waals surface area contributed by atoms with Gasteiger partial charge in [-0.1, -0.05) is 6.92 Å². The van der Waals surface area contributed by atoms with Gasteiger partial charge in [0.15, 0.2) is 9.84 Å². The van der Waals surface area contributed by atoms with Crippen LogP contribution in [0.3, 0.4) is 0 Å². The van der Waals surface area contributed by atoms with Crippen molar-refractivity contribution < 1.29 is 8.42 Å². The van der Waals surface area contributed by atoms with Gasteiger partial charge in [0, 0.05) is 41.9 Å². The smallest absolute Gasteiger partial charge is 0.166 e. The third-order valence-corrected chi connectivity index (χ3v) is 8.54. The lowest BCUT2D eigenvalue weighted by Crippen LogP contribution is -2.66. The SMILES string of the molecule is CCS(=O)(=O)C1CSCCN1C1(CN)CCN(C)C(C)C1. The zero-order valence-corrected chi connectivity index (χ0v) is 15.0. The summed E-state index contributed by atoms with van der Waals surface area (Å²) < 4.78 is 25.0. The van der Waals surface area contributed by atoms with Gasteiger partial charge in [-0.15, -0.1) is 0 Å². The molecule has 2 aliphatic heterocycles. The van der Waals surface area contributed by atoms with E-state index in [0.29, 0.717) is 18.3 Å². The highest BCUT2D eigenvalue weighted by molar-refractivity contribution is 8.01. The van der Waals surface area contributed by atoms with Gasteiger partial charge in [-0.3, -0.25) is 4.90 Å². The minimum atomic E-state index is -3.06. The van der Waals surface area contributed by atoms with Crippen molar-refractivity contribution in [3.8, 4) is 0 Å². The highest BCUT2D eigenvalue weighted by atomic mass is 32.2. The number of hydrogen-bond acceptors (Lipinski definition) is 6. The van der Waals surface area contributed by atoms with Gasteiger partial charge in [0.05, 0.1) is 0 Å². The zero-order valence-electron chi connectivity index (χ0n) is 13.4. The van der Waals surface area contributed by atoms with Crippen LogP contribution in [0, 0.1) is 0 Å². The van der Waals surface area contributed by atoms with E-state index < -0.39 is 9.84 Å². The molecule has 0 radical (unpaired) electrons. The van der Waals surface area contributed by atoms with Crippen LogP contribution >= 0.6 is 11.8 Å². The van der Waals surface area contributed by atoms with E-state index in [0.717, 1.165) is 31.7 Å². The summed E-state index contributed by atoms with van der Waals surface area (Å²) in [7, 11) is -0.927. The monoisotopic (exact) mass is 335 g/mol. The Morgan fingerprint density at radius 3 is 2.67 bits per heavy atom. The minimum absolute atomic E-state index is 0.153. The van der Waals surface area contributed by atoms with Crippen LogP contribution in [0.25, 0.3) is 0 Å². The van der Waals surface area contributed by atoms with Gasteiger partial charge >= 0.3 is 0 Å². The molecular formula is C14H29N3O2S2. The summed E-state index contributed by atoms with van der Waals surface area (Å²) in [6.07, 6.45) is 1.92. The number of nitrogens with zero attached hydrogens (tertiary/aromatic N) is 2. The Labute approximate surface area is 133 Å². The van der Waals surface area contributed by atoms with Crippen LogP contribution < -0.4 is 5.73 Å². The Hall–Kier alpha value is 0.180. The van der Waals surface area contributed by atoms with E-state index in [1.807, 2.05) is 0 Å². The molecule has 2 heterocycles. The highest BCUT2D eigenvalue weighted by Gasteiger charge is 2.47. The molecule has 3 atom stereocenters. The second kappa shape index (κ2) is 6.74. The number of piperidine rings is 1. The third kappa shape index (κ3) is 3.42. The molecule has 0 bridgehead atoms. The second-order valence-electron chi connectivity index (χ2n) is 6.39. The van der Waals surface area contributed by atoms with Gasteiger partial charge in [0.25, 0.3) is 0 Å². The molecular weight excluding hydrogens is 306 g/mol. The lowest BCUT2D eigenvalue weighted by atomic mass is 9.82. The van der Waals surface area contributed by atoms with Crippen molar-refractivity contribution in [3.05, 3.63) is 0 Å². The normalized spacial score (nSPS) is 36.8.